The number of benzene rings is 6. The first-order valence-corrected chi connectivity index (χ1v) is 37.3. The molecule has 2 aliphatic carbocycles. The van der Waals surface area contributed by atoms with Crippen LogP contribution >= 0.6 is 17.0 Å². The minimum absolute atomic E-state index is 0.00962. The van der Waals surface area contributed by atoms with Crippen LogP contribution in [0.25, 0.3) is 45.5 Å². The van der Waals surface area contributed by atoms with Crippen molar-refractivity contribution in [3.05, 3.63) is 170 Å². The molecule has 1 aliphatic heterocycles. The molecule has 0 spiro atoms. The molecule has 0 bridgehead atoms. The fraction of sp³-hybridized carbons (Fsp3) is 0.375. The van der Waals surface area contributed by atoms with Gasteiger partial charge in [-0.15, -0.1) is 0 Å². The van der Waals surface area contributed by atoms with E-state index in [4.69, 9.17) is 0 Å². The number of rotatable bonds is 7. The molecule has 68 heavy (non-hydrogen) atoms. The van der Waals surface area contributed by atoms with Crippen LogP contribution in [0.4, 0.5) is 0 Å². The van der Waals surface area contributed by atoms with E-state index in [0.29, 0.717) is 0 Å². The van der Waals surface area contributed by atoms with Crippen LogP contribution in [0.1, 0.15) is 174 Å². The van der Waals surface area contributed by atoms with Gasteiger partial charge in [-0.2, -0.15) is 0 Å². The second kappa shape index (κ2) is 16.8. The number of fused-ring (bicyclic) bond motifs is 5. The summed E-state index contributed by atoms with van der Waals surface area (Å²) in [5, 5.41) is 2.95. The maximum atomic E-state index is 9.40. The van der Waals surface area contributed by atoms with E-state index < -0.39 is 25.9 Å². The molecule has 2 atom stereocenters. The van der Waals surface area contributed by atoms with Crippen LogP contribution in [0.5, 0.6) is 0 Å². The van der Waals surface area contributed by atoms with Gasteiger partial charge in [0.15, 0.2) is 0 Å². The van der Waals surface area contributed by atoms with Crippen molar-refractivity contribution in [1.29, 1.82) is 0 Å². The molecular formula is C64H75Cl2SiZr. The quantitative estimate of drug-likeness (QED) is 0.140. The Hall–Kier alpha value is -3.52. The van der Waals surface area contributed by atoms with Gasteiger partial charge in [0.1, 0.15) is 0 Å². The van der Waals surface area contributed by atoms with Crippen LogP contribution in [0.3, 0.4) is 0 Å². The van der Waals surface area contributed by atoms with E-state index in [9.17, 15) is 17.0 Å². The van der Waals surface area contributed by atoms with E-state index in [0.717, 1.165) is 12.8 Å². The van der Waals surface area contributed by atoms with E-state index >= 15 is 0 Å². The van der Waals surface area contributed by atoms with Crippen molar-refractivity contribution in [1.82, 2.24) is 0 Å². The van der Waals surface area contributed by atoms with Crippen molar-refractivity contribution in [3.8, 4) is 33.4 Å². The molecule has 0 nitrogen and oxygen atoms in total. The Morgan fingerprint density at radius 3 is 1.28 bits per heavy atom. The minimum atomic E-state index is -5.68. The Morgan fingerprint density at radius 1 is 0.485 bits per heavy atom. The Labute approximate surface area is 421 Å². The van der Waals surface area contributed by atoms with Crippen molar-refractivity contribution in [3.63, 3.8) is 0 Å². The van der Waals surface area contributed by atoms with Gasteiger partial charge in [0.2, 0.25) is 0 Å². The zero-order valence-corrected chi connectivity index (χ0v) is 49.4. The average Bonchev–Trinajstić information content (AvgIpc) is 3.94. The van der Waals surface area contributed by atoms with E-state index in [1.807, 2.05) is 0 Å². The predicted molar refractivity (Wildman–Crippen MR) is 301 cm³/mol. The van der Waals surface area contributed by atoms with Gasteiger partial charge in [-0.05, 0) is 0 Å². The second-order valence-electron chi connectivity index (χ2n) is 25.0. The molecule has 0 N–H and O–H groups in total. The number of allylic oxidation sites excluding steroid dienone is 2. The molecule has 2 unspecified atom stereocenters. The molecule has 9 rings (SSSR count). The van der Waals surface area contributed by atoms with Gasteiger partial charge in [0.25, 0.3) is 0 Å². The van der Waals surface area contributed by atoms with E-state index in [1.54, 1.807) is 0 Å². The summed E-state index contributed by atoms with van der Waals surface area (Å²) >= 11 is -5.68. The summed E-state index contributed by atoms with van der Waals surface area (Å²) in [5.74, 6) is 0. The first-order chi connectivity index (χ1) is 31.7. The number of hydrogen-bond acceptors (Lipinski definition) is 0. The third-order valence-electron chi connectivity index (χ3n) is 16.1. The number of halogens is 2. The van der Waals surface area contributed by atoms with Crippen molar-refractivity contribution in [2.75, 3.05) is 0 Å². The van der Waals surface area contributed by atoms with Gasteiger partial charge in [-0.1, -0.05) is 0 Å². The van der Waals surface area contributed by atoms with Gasteiger partial charge in [-0.25, -0.2) is 0 Å². The summed E-state index contributed by atoms with van der Waals surface area (Å²) in [6, 6.07) is 40.6. The molecular weight excluding hydrogens is 959 g/mol. The Kier molecular flexibility index (Phi) is 12.2. The summed E-state index contributed by atoms with van der Waals surface area (Å²) in [4.78, 5) is 0. The first-order valence-electron chi connectivity index (χ1n) is 25.4. The molecule has 4 heteroatoms. The van der Waals surface area contributed by atoms with Gasteiger partial charge in [-0.3, -0.25) is 0 Å². The topological polar surface area (TPSA) is 0 Å². The Bertz CT molecular complexity index is 2890. The summed E-state index contributed by atoms with van der Waals surface area (Å²) in [6.45, 7) is 37.5. The maximum absolute atomic E-state index is 9.40. The van der Waals surface area contributed by atoms with E-state index in [2.05, 4.69) is 226 Å². The van der Waals surface area contributed by atoms with Crippen LogP contribution in [-0.2, 0) is 50.9 Å². The molecule has 0 saturated heterocycles. The molecule has 0 amide bonds. The van der Waals surface area contributed by atoms with Crippen molar-refractivity contribution in [2.24, 2.45) is 0 Å². The van der Waals surface area contributed by atoms with Crippen molar-refractivity contribution >= 4 is 52.3 Å². The van der Waals surface area contributed by atoms with Crippen molar-refractivity contribution in [2.45, 2.75) is 153 Å². The van der Waals surface area contributed by atoms with E-state index in [-0.39, 0.29) is 28.9 Å². The zero-order chi connectivity index (χ0) is 49.3. The molecule has 6 aromatic rings. The SMILES string of the molecule is CCc1ccc2c(c1-c1cc(C(C)(C)C)cc(C(C)(C)C)c1)C=C(C)[CH]2[Zr]([Cl])([Cl])([c]1cccc2c1[SiH2]c1ccccc1-2)[CH]1C(C)=Cc2c1ccc(CC)c2-c1cc(C(C)(C)C)cc(C(C)(C)C)c1. The molecule has 6 aromatic carbocycles. The normalized spacial score (nSPS) is 17.9. The summed E-state index contributed by atoms with van der Waals surface area (Å²) in [7, 11) is 17.9. The van der Waals surface area contributed by atoms with Gasteiger partial charge < -0.3 is 0 Å². The Balaban J connectivity index is 1.35. The van der Waals surface area contributed by atoms with Crippen LogP contribution in [0.2, 0.25) is 0 Å². The summed E-state index contributed by atoms with van der Waals surface area (Å²) in [5.41, 5.74) is 24.0. The third kappa shape index (κ3) is 8.03. The fourth-order valence-corrected chi connectivity index (χ4v) is 41.1. The zero-order valence-electron chi connectivity index (χ0n) is 44.0. The summed E-state index contributed by atoms with van der Waals surface area (Å²) < 4.78 is 1.01. The van der Waals surface area contributed by atoms with Gasteiger partial charge >= 0.3 is 425 Å². The first kappa shape index (κ1) is 49.5. The molecule has 353 valence electrons. The second-order valence-corrected chi connectivity index (χ2v) is 47.4. The molecule has 1 heterocycles. The predicted octanol–water partition coefficient (Wildman–Crippen LogP) is 16.4. The van der Waals surface area contributed by atoms with Crippen LogP contribution in [-0.4, -0.2) is 9.52 Å². The van der Waals surface area contributed by atoms with E-state index in [1.165, 1.54) is 114 Å². The van der Waals surface area contributed by atoms with Gasteiger partial charge in [0.05, 0.1) is 0 Å². The molecule has 0 aromatic heterocycles. The van der Waals surface area contributed by atoms with Crippen LogP contribution in [0.15, 0.2) is 114 Å². The summed E-state index contributed by atoms with van der Waals surface area (Å²) in [6.07, 6.45) is 6.89. The van der Waals surface area contributed by atoms with Crippen LogP contribution < -0.4 is 13.6 Å². The third-order valence-corrected chi connectivity index (χ3v) is 39.3. The number of hydrogen-bond donors (Lipinski definition) is 0. The average molecular weight is 1030 g/mol. The molecule has 0 fully saturated rings. The molecule has 3 aliphatic rings. The monoisotopic (exact) mass is 1030 g/mol. The van der Waals surface area contributed by atoms with Gasteiger partial charge in [0, 0.05) is 0 Å². The van der Waals surface area contributed by atoms with Crippen molar-refractivity contribution < 1.29 is 16.4 Å². The Morgan fingerprint density at radius 2 is 0.882 bits per heavy atom. The van der Waals surface area contributed by atoms with Crippen LogP contribution in [0, 0.1) is 0 Å². The fourth-order valence-electron chi connectivity index (χ4n) is 12.3. The molecule has 0 saturated carbocycles. The number of aryl methyl sites for hydroxylation is 2. The standard InChI is InChI=1S/2C26H33.C12H9Si.2ClH.Zr/c2*1-9-18-10-11-19-12-17(2)13-23(19)24(18)20-14-21(25(3,4)5)16-22(15-20)26(6,7)8;1-3-7-11-9(5-1)10-6-2-4-8-12(10)13-11;;;/h2*10-16H,9H2,1-8H3;1-7H,13H2;2*1H;/q;;;;;+2/p-2. The molecule has 0 radical (unpaired) electrons.